The van der Waals surface area contributed by atoms with Crippen molar-refractivity contribution in [2.75, 3.05) is 4.90 Å². The minimum absolute atomic E-state index is 0.0190. The van der Waals surface area contributed by atoms with Crippen LogP contribution < -0.4 is 4.90 Å². The zero-order valence-corrected chi connectivity index (χ0v) is 17.1. The minimum Gasteiger partial charge on any atom is -0.402 e. The number of benzene rings is 2. The Kier molecular flexibility index (Phi) is 5.43. The number of ether oxygens (including phenoxy) is 1. The summed E-state index contributed by atoms with van der Waals surface area (Å²) in [6, 6.07) is 12.5. The maximum atomic E-state index is 13.4. The molecular weight excluding hydrogens is 429 g/mol. The number of aliphatic imine (C=N–C) groups is 1. The number of carbonyl (C=O) groups is 2. The zero-order valence-electron chi connectivity index (χ0n) is 15.5. The van der Waals surface area contributed by atoms with Gasteiger partial charge in [-0.15, -0.1) is 11.3 Å². The van der Waals surface area contributed by atoms with E-state index in [1.165, 1.54) is 47.4 Å². The Morgan fingerprint density at radius 2 is 2.03 bits per heavy atom. The maximum Gasteiger partial charge on any atom is 0.363 e. The first-order valence-corrected chi connectivity index (χ1v) is 9.97. The van der Waals surface area contributed by atoms with Crippen molar-refractivity contribution >= 4 is 57.6 Å². The van der Waals surface area contributed by atoms with Crippen molar-refractivity contribution in [3.8, 4) is 0 Å². The molecule has 0 spiro atoms. The quantitative estimate of drug-likeness (QED) is 0.423. The molecule has 150 valence electrons. The maximum absolute atomic E-state index is 13.4. The normalized spacial score (nSPS) is 14.6. The molecule has 0 fully saturated rings. The van der Waals surface area contributed by atoms with Gasteiger partial charge in [-0.05, 0) is 42.5 Å². The van der Waals surface area contributed by atoms with Gasteiger partial charge in [0.25, 0.3) is 0 Å². The number of amides is 1. The monoisotopic (exact) mass is 441 g/mol. The molecule has 6 nitrogen and oxygen atoms in total. The van der Waals surface area contributed by atoms with Crippen molar-refractivity contribution < 1.29 is 18.7 Å². The second-order valence-electron chi connectivity index (χ2n) is 6.24. The number of hydrogen-bond donors (Lipinski definition) is 0. The Balaban J connectivity index is 1.64. The van der Waals surface area contributed by atoms with Gasteiger partial charge in [0.2, 0.25) is 11.8 Å². The molecule has 2 aromatic carbocycles. The number of rotatable bonds is 4. The molecule has 30 heavy (non-hydrogen) atoms. The summed E-state index contributed by atoms with van der Waals surface area (Å²) >= 11 is 7.26. The second kappa shape index (κ2) is 8.17. The number of nitrogens with zero attached hydrogens (tertiary/aromatic N) is 3. The molecule has 9 heteroatoms. The average Bonchev–Trinajstić information content (AvgIpc) is 3.29. The van der Waals surface area contributed by atoms with Crippen LogP contribution in [-0.2, 0) is 14.3 Å². The molecule has 1 aliphatic rings. The molecule has 0 N–H and O–H groups in total. The number of esters is 1. The van der Waals surface area contributed by atoms with Gasteiger partial charge in [-0.2, -0.15) is 0 Å². The van der Waals surface area contributed by atoms with Gasteiger partial charge < -0.3 is 4.74 Å². The molecule has 0 aliphatic carbocycles. The number of cyclic esters (lactones) is 1. The van der Waals surface area contributed by atoms with Gasteiger partial charge in [0.15, 0.2) is 10.8 Å². The van der Waals surface area contributed by atoms with E-state index < -0.39 is 11.8 Å². The van der Waals surface area contributed by atoms with E-state index in [1.807, 2.05) is 0 Å². The molecule has 1 aromatic heterocycles. The van der Waals surface area contributed by atoms with Crippen molar-refractivity contribution in [3.05, 3.63) is 81.7 Å². The van der Waals surface area contributed by atoms with Crippen LogP contribution in [0.5, 0.6) is 0 Å². The highest BCUT2D eigenvalue weighted by molar-refractivity contribution is 7.14. The number of thiazole rings is 1. The highest BCUT2D eigenvalue weighted by Gasteiger charge is 2.25. The van der Waals surface area contributed by atoms with Crippen molar-refractivity contribution in [1.82, 2.24) is 4.98 Å². The van der Waals surface area contributed by atoms with Gasteiger partial charge in [-0.25, -0.2) is 19.2 Å². The molecule has 0 saturated heterocycles. The van der Waals surface area contributed by atoms with E-state index in [0.29, 0.717) is 27.1 Å². The lowest BCUT2D eigenvalue weighted by Gasteiger charge is -2.18. The predicted octanol–water partition coefficient (Wildman–Crippen LogP) is 4.96. The number of aromatic nitrogens is 1. The predicted molar refractivity (Wildman–Crippen MR) is 113 cm³/mol. The summed E-state index contributed by atoms with van der Waals surface area (Å²) in [6.07, 6.45) is 1.45. The molecule has 3 aromatic rings. The van der Waals surface area contributed by atoms with Crippen LogP contribution in [0.2, 0.25) is 5.02 Å². The van der Waals surface area contributed by atoms with Gasteiger partial charge >= 0.3 is 5.97 Å². The van der Waals surface area contributed by atoms with Crippen LogP contribution in [0.3, 0.4) is 0 Å². The van der Waals surface area contributed by atoms with Crippen LogP contribution in [0.4, 0.5) is 15.2 Å². The molecule has 1 aliphatic heterocycles. The van der Waals surface area contributed by atoms with E-state index in [9.17, 15) is 14.0 Å². The fraction of sp³-hybridized carbons (Fsp3) is 0.0476. The zero-order chi connectivity index (χ0) is 21.3. The van der Waals surface area contributed by atoms with E-state index in [4.69, 9.17) is 16.3 Å². The Morgan fingerprint density at radius 1 is 1.23 bits per heavy atom. The van der Waals surface area contributed by atoms with E-state index >= 15 is 0 Å². The smallest absolute Gasteiger partial charge is 0.363 e. The highest BCUT2D eigenvalue weighted by Crippen LogP contribution is 2.31. The van der Waals surface area contributed by atoms with Crippen LogP contribution in [0, 0.1) is 5.82 Å². The lowest BCUT2D eigenvalue weighted by molar-refractivity contribution is -0.130. The highest BCUT2D eigenvalue weighted by atomic mass is 35.5. The molecule has 4 rings (SSSR count). The van der Waals surface area contributed by atoms with E-state index in [-0.39, 0.29) is 17.5 Å². The fourth-order valence-corrected chi connectivity index (χ4v) is 3.81. The topological polar surface area (TPSA) is 71.9 Å². The Bertz CT molecular complexity index is 1220. The molecule has 0 radical (unpaired) electrons. The molecule has 0 bridgehead atoms. The van der Waals surface area contributed by atoms with Gasteiger partial charge in [-0.1, -0.05) is 23.7 Å². The van der Waals surface area contributed by atoms with E-state index in [1.54, 1.807) is 35.7 Å². The first-order chi connectivity index (χ1) is 14.4. The van der Waals surface area contributed by atoms with E-state index in [2.05, 4.69) is 9.98 Å². The summed E-state index contributed by atoms with van der Waals surface area (Å²) in [5.41, 5.74) is 1.40. The number of anilines is 2. The van der Waals surface area contributed by atoms with Crippen LogP contribution in [0.1, 0.15) is 18.2 Å². The SMILES string of the molecule is CC(=O)N(c1cccc(Cl)c1)c1nc(C=C2N=C(c3cccc(F)c3)OC2=O)cs1. The van der Waals surface area contributed by atoms with Crippen molar-refractivity contribution in [1.29, 1.82) is 0 Å². The molecular formula is C21H13ClFN3O3S. The second-order valence-corrected chi connectivity index (χ2v) is 7.51. The number of carbonyl (C=O) groups excluding carboxylic acids is 2. The third-order valence-electron chi connectivity index (χ3n) is 4.06. The fourth-order valence-electron chi connectivity index (χ4n) is 2.78. The third kappa shape index (κ3) is 4.14. The first-order valence-electron chi connectivity index (χ1n) is 8.71. The summed E-state index contributed by atoms with van der Waals surface area (Å²) in [5.74, 6) is -1.34. The standard InChI is InChI=1S/C21H13ClFN3O3S/c1-12(27)26(17-7-3-5-14(22)9-17)21-24-16(11-30-21)10-18-20(28)29-19(25-18)13-4-2-6-15(23)8-13/h2-11H,1H3. The summed E-state index contributed by atoms with van der Waals surface area (Å²) in [4.78, 5) is 34.3. The lowest BCUT2D eigenvalue weighted by atomic mass is 10.2. The molecule has 1 amide bonds. The van der Waals surface area contributed by atoms with Gasteiger partial charge in [0, 0.05) is 22.9 Å². The lowest BCUT2D eigenvalue weighted by Crippen LogP contribution is -2.22. The van der Waals surface area contributed by atoms with Crippen LogP contribution >= 0.6 is 22.9 Å². The molecule has 0 saturated carbocycles. The Hall–Kier alpha value is -3.36. The summed E-state index contributed by atoms with van der Waals surface area (Å²) in [6.45, 7) is 1.42. The number of halogens is 2. The van der Waals surface area contributed by atoms with Crippen molar-refractivity contribution in [3.63, 3.8) is 0 Å². The third-order valence-corrected chi connectivity index (χ3v) is 5.14. The Labute approximate surface area is 179 Å². The van der Waals surface area contributed by atoms with Crippen LogP contribution in [0.25, 0.3) is 6.08 Å². The number of hydrogen-bond acceptors (Lipinski definition) is 6. The molecule has 2 heterocycles. The van der Waals surface area contributed by atoms with Crippen LogP contribution in [0.15, 0.2) is 64.6 Å². The van der Waals surface area contributed by atoms with E-state index in [0.717, 1.165) is 0 Å². The van der Waals surface area contributed by atoms with Gasteiger partial charge in [0.05, 0.1) is 11.4 Å². The Morgan fingerprint density at radius 3 is 2.77 bits per heavy atom. The van der Waals surface area contributed by atoms with Crippen molar-refractivity contribution in [2.45, 2.75) is 6.92 Å². The van der Waals surface area contributed by atoms with Crippen molar-refractivity contribution in [2.24, 2.45) is 4.99 Å². The average molecular weight is 442 g/mol. The van der Waals surface area contributed by atoms with Crippen LogP contribution in [-0.4, -0.2) is 22.8 Å². The first kappa shape index (κ1) is 19.9. The molecule has 0 atom stereocenters. The summed E-state index contributed by atoms with van der Waals surface area (Å²) < 4.78 is 18.5. The minimum atomic E-state index is -0.665. The van der Waals surface area contributed by atoms with Gasteiger partial charge in [-0.3, -0.25) is 9.69 Å². The van der Waals surface area contributed by atoms with Gasteiger partial charge in [0.1, 0.15) is 5.82 Å². The summed E-state index contributed by atoms with van der Waals surface area (Å²) in [5, 5.41) is 2.59. The molecule has 0 unspecified atom stereocenters. The summed E-state index contributed by atoms with van der Waals surface area (Å²) in [7, 11) is 0. The largest absolute Gasteiger partial charge is 0.402 e.